The van der Waals surface area contributed by atoms with Gasteiger partial charge in [0.15, 0.2) is 5.69 Å². The Kier molecular flexibility index (Phi) is 3.58. The van der Waals surface area contributed by atoms with Gasteiger partial charge in [-0.15, -0.1) is 11.3 Å². The maximum absolute atomic E-state index is 11.3. The number of aliphatic hydroxyl groups excluding tert-OH is 1. The molecule has 0 aliphatic rings. The third-order valence-electron chi connectivity index (χ3n) is 2.79. The number of nitrogens with zero attached hydrogens (tertiary/aromatic N) is 2. The highest BCUT2D eigenvalue weighted by Crippen LogP contribution is 2.31. The van der Waals surface area contributed by atoms with Crippen molar-refractivity contribution in [3.05, 3.63) is 22.0 Å². The molecule has 0 unspecified atom stereocenters. The van der Waals surface area contributed by atoms with Crippen LogP contribution in [0, 0.1) is 6.92 Å². The zero-order valence-corrected chi connectivity index (χ0v) is 11.0. The van der Waals surface area contributed by atoms with Crippen LogP contribution in [0.25, 0.3) is 10.2 Å². The molecule has 0 spiro atoms. The Balaban J connectivity index is 2.77. The van der Waals surface area contributed by atoms with Crippen molar-refractivity contribution >= 4 is 27.5 Å². The predicted octanol–water partition coefficient (Wildman–Crippen LogP) is 1.80. The number of hydrogen-bond acceptors (Lipinski definition) is 5. The molecule has 96 valence electrons. The Labute approximate surface area is 108 Å². The summed E-state index contributed by atoms with van der Waals surface area (Å²) < 4.78 is 0. The lowest BCUT2D eigenvalue weighted by Crippen LogP contribution is -2.08. The third kappa shape index (κ3) is 2.09. The van der Waals surface area contributed by atoms with E-state index in [1.54, 1.807) is 0 Å². The third-order valence-corrected chi connectivity index (χ3v) is 3.83. The van der Waals surface area contributed by atoms with E-state index in [1.807, 2.05) is 13.8 Å². The first-order valence-corrected chi connectivity index (χ1v) is 6.53. The van der Waals surface area contributed by atoms with Crippen molar-refractivity contribution in [2.24, 2.45) is 0 Å². The lowest BCUT2D eigenvalue weighted by atomic mass is 10.1. The largest absolute Gasteiger partial charge is 0.476 e. The number of thiophene rings is 1. The molecule has 0 radical (unpaired) electrons. The standard InChI is InChI=1S/C12H14N2O3S/c1-3-7-6(2)18-11-9(7)10(12(16)17)13-8(14-11)4-5-15/h15H,3-5H2,1-2H3,(H,16,17). The van der Waals surface area contributed by atoms with Gasteiger partial charge in [-0.1, -0.05) is 6.92 Å². The molecule has 0 amide bonds. The first kappa shape index (κ1) is 12.9. The van der Waals surface area contributed by atoms with Crippen LogP contribution in [0.4, 0.5) is 0 Å². The summed E-state index contributed by atoms with van der Waals surface area (Å²) >= 11 is 1.48. The molecule has 2 rings (SSSR count). The number of carboxylic acids is 1. The van der Waals surface area contributed by atoms with Crippen molar-refractivity contribution < 1.29 is 15.0 Å². The Morgan fingerprint density at radius 1 is 1.39 bits per heavy atom. The molecule has 0 atom stereocenters. The number of aromatic carboxylic acids is 1. The molecule has 5 nitrogen and oxygen atoms in total. The molecular weight excluding hydrogens is 252 g/mol. The van der Waals surface area contributed by atoms with Crippen molar-refractivity contribution in [3.63, 3.8) is 0 Å². The van der Waals surface area contributed by atoms with Crippen molar-refractivity contribution in [2.45, 2.75) is 26.7 Å². The molecule has 0 fully saturated rings. The zero-order valence-electron chi connectivity index (χ0n) is 10.2. The molecule has 0 saturated carbocycles. The number of hydrogen-bond donors (Lipinski definition) is 2. The molecule has 2 aromatic rings. The van der Waals surface area contributed by atoms with Gasteiger partial charge in [-0.2, -0.15) is 0 Å². The molecule has 0 aromatic carbocycles. The van der Waals surface area contributed by atoms with E-state index < -0.39 is 5.97 Å². The molecule has 6 heteroatoms. The average molecular weight is 266 g/mol. The highest BCUT2D eigenvalue weighted by Gasteiger charge is 2.19. The summed E-state index contributed by atoms with van der Waals surface area (Å²) in [5, 5.41) is 18.8. The molecule has 18 heavy (non-hydrogen) atoms. The van der Waals surface area contributed by atoms with E-state index in [9.17, 15) is 9.90 Å². The molecule has 0 aliphatic heterocycles. The van der Waals surface area contributed by atoms with Gasteiger partial charge in [0.2, 0.25) is 0 Å². The Morgan fingerprint density at radius 2 is 2.11 bits per heavy atom. The SMILES string of the molecule is CCc1c(C)sc2nc(CCO)nc(C(=O)O)c12. The van der Waals surface area contributed by atoms with Gasteiger partial charge >= 0.3 is 5.97 Å². The monoisotopic (exact) mass is 266 g/mol. The molecule has 2 N–H and O–H groups in total. The molecule has 0 bridgehead atoms. The highest BCUT2D eigenvalue weighted by molar-refractivity contribution is 7.18. The van der Waals surface area contributed by atoms with Crippen LogP contribution in [-0.2, 0) is 12.8 Å². The van der Waals surface area contributed by atoms with Crippen molar-refractivity contribution in [3.8, 4) is 0 Å². The van der Waals surface area contributed by atoms with Crippen molar-refractivity contribution in [1.82, 2.24) is 9.97 Å². The van der Waals surface area contributed by atoms with Gasteiger partial charge in [0, 0.05) is 16.7 Å². The number of carboxylic acid groups (broad SMARTS) is 1. The average Bonchev–Trinajstić information content (AvgIpc) is 2.63. The Bertz CT molecular complexity index is 607. The summed E-state index contributed by atoms with van der Waals surface area (Å²) in [6.45, 7) is 3.86. The van der Waals surface area contributed by atoms with Crippen LogP contribution in [0.15, 0.2) is 0 Å². The van der Waals surface area contributed by atoms with Crippen LogP contribution in [0.2, 0.25) is 0 Å². The van der Waals surface area contributed by atoms with E-state index >= 15 is 0 Å². The van der Waals surface area contributed by atoms with Crippen LogP contribution >= 0.6 is 11.3 Å². The van der Waals surface area contributed by atoms with E-state index in [0.717, 1.165) is 16.9 Å². The summed E-state index contributed by atoms with van der Waals surface area (Å²) in [6, 6.07) is 0. The normalized spacial score (nSPS) is 11.1. The lowest BCUT2D eigenvalue weighted by molar-refractivity contribution is 0.0692. The summed E-state index contributed by atoms with van der Waals surface area (Å²) in [6.07, 6.45) is 1.03. The van der Waals surface area contributed by atoms with Crippen LogP contribution < -0.4 is 0 Å². The maximum Gasteiger partial charge on any atom is 0.355 e. The zero-order chi connectivity index (χ0) is 13.3. The first-order valence-electron chi connectivity index (χ1n) is 5.71. The summed E-state index contributed by atoms with van der Waals surface area (Å²) in [5.74, 6) is -0.666. The minimum atomic E-state index is -1.05. The van der Waals surface area contributed by atoms with Crippen molar-refractivity contribution in [1.29, 1.82) is 0 Å². The lowest BCUT2D eigenvalue weighted by Gasteiger charge is -2.03. The van der Waals surface area contributed by atoms with Gasteiger partial charge in [-0.05, 0) is 18.9 Å². The quantitative estimate of drug-likeness (QED) is 0.881. The second-order valence-electron chi connectivity index (χ2n) is 3.94. The van der Waals surface area contributed by atoms with Gasteiger partial charge < -0.3 is 10.2 Å². The van der Waals surface area contributed by atoms with E-state index in [-0.39, 0.29) is 18.7 Å². The van der Waals surface area contributed by atoms with Gasteiger partial charge in [-0.3, -0.25) is 0 Å². The van der Waals surface area contributed by atoms with Gasteiger partial charge in [0.05, 0.1) is 6.61 Å². The van der Waals surface area contributed by atoms with E-state index in [0.29, 0.717) is 16.0 Å². The molecular formula is C12H14N2O3S. The summed E-state index contributed by atoms with van der Waals surface area (Å²) in [7, 11) is 0. The first-order chi connectivity index (χ1) is 8.58. The fraction of sp³-hybridized carbons (Fsp3) is 0.417. The maximum atomic E-state index is 11.3. The number of fused-ring (bicyclic) bond motifs is 1. The Hall–Kier alpha value is -1.53. The van der Waals surface area contributed by atoms with Crippen molar-refractivity contribution in [2.75, 3.05) is 6.61 Å². The molecule has 2 heterocycles. The van der Waals surface area contributed by atoms with Crippen LogP contribution in [0.3, 0.4) is 0 Å². The smallest absolute Gasteiger partial charge is 0.355 e. The highest BCUT2D eigenvalue weighted by atomic mass is 32.1. The van der Waals surface area contributed by atoms with Gasteiger partial charge in [0.1, 0.15) is 10.7 Å². The second kappa shape index (κ2) is 4.99. The van der Waals surface area contributed by atoms with Gasteiger partial charge in [0.25, 0.3) is 0 Å². The minimum Gasteiger partial charge on any atom is -0.476 e. The topological polar surface area (TPSA) is 83.3 Å². The number of aromatic nitrogens is 2. The minimum absolute atomic E-state index is 0.0460. The molecule has 2 aromatic heterocycles. The van der Waals surface area contributed by atoms with Crippen LogP contribution in [0.5, 0.6) is 0 Å². The molecule has 0 aliphatic carbocycles. The second-order valence-corrected chi connectivity index (χ2v) is 5.14. The van der Waals surface area contributed by atoms with Crippen LogP contribution in [-0.4, -0.2) is 32.8 Å². The van der Waals surface area contributed by atoms with E-state index in [4.69, 9.17) is 5.11 Å². The van der Waals surface area contributed by atoms with E-state index in [2.05, 4.69) is 9.97 Å². The van der Waals surface area contributed by atoms with Gasteiger partial charge in [-0.25, -0.2) is 14.8 Å². The fourth-order valence-electron chi connectivity index (χ4n) is 2.01. The van der Waals surface area contributed by atoms with E-state index in [1.165, 1.54) is 11.3 Å². The summed E-state index contributed by atoms with van der Waals surface area (Å²) in [4.78, 5) is 21.4. The fourth-order valence-corrected chi connectivity index (χ4v) is 3.14. The Morgan fingerprint density at radius 3 is 2.67 bits per heavy atom. The number of carbonyl (C=O) groups is 1. The molecule has 0 saturated heterocycles. The number of rotatable bonds is 4. The predicted molar refractivity (Wildman–Crippen MR) is 69.3 cm³/mol. The number of aryl methyl sites for hydroxylation is 2. The summed E-state index contributed by atoms with van der Waals surface area (Å²) in [5.41, 5.74) is 1.05. The number of aliphatic hydroxyl groups is 1. The van der Waals surface area contributed by atoms with Crippen LogP contribution in [0.1, 0.15) is 33.7 Å².